The van der Waals surface area contributed by atoms with Gasteiger partial charge in [-0.25, -0.2) is 9.80 Å². The van der Waals surface area contributed by atoms with Crippen LogP contribution in [0, 0.1) is 0 Å². The molecule has 2 amide bonds. The third-order valence-electron chi connectivity index (χ3n) is 6.57. The molecule has 2 aromatic carbocycles. The van der Waals surface area contributed by atoms with Gasteiger partial charge in [-0.05, 0) is 75.6 Å². The molecule has 0 saturated carbocycles. The number of hydrogen-bond donors (Lipinski definition) is 2. The molecule has 0 spiro atoms. The number of carboxylic acid groups (broad SMARTS) is 1. The Morgan fingerprint density at radius 2 is 1.73 bits per heavy atom. The van der Waals surface area contributed by atoms with Gasteiger partial charge in [-0.2, -0.15) is 5.10 Å². The van der Waals surface area contributed by atoms with Crippen molar-refractivity contribution < 1.29 is 24.2 Å². The van der Waals surface area contributed by atoms with Crippen LogP contribution in [0.3, 0.4) is 0 Å². The summed E-state index contributed by atoms with van der Waals surface area (Å²) in [6.45, 7) is 9.79. The lowest BCUT2D eigenvalue weighted by Crippen LogP contribution is -2.38. The number of nitrogens with zero attached hydrogens (tertiary/aromatic N) is 3. The molecule has 0 bridgehead atoms. The van der Waals surface area contributed by atoms with Crippen LogP contribution < -0.4 is 14.8 Å². The quantitative estimate of drug-likeness (QED) is 0.442. The summed E-state index contributed by atoms with van der Waals surface area (Å²) in [5, 5.41) is 17.8. The molecule has 0 radical (unpaired) electrons. The molecular formula is C28H38N4O5. The number of nitrogens with one attached hydrogen (secondary N) is 1. The molecular weight excluding hydrogens is 472 g/mol. The van der Waals surface area contributed by atoms with E-state index >= 15 is 0 Å². The van der Waals surface area contributed by atoms with Gasteiger partial charge in [0, 0.05) is 42.7 Å². The van der Waals surface area contributed by atoms with E-state index < -0.39 is 6.09 Å². The van der Waals surface area contributed by atoms with Gasteiger partial charge in [0.25, 0.3) is 0 Å². The van der Waals surface area contributed by atoms with Gasteiger partial charge in [-0.1, -0.05) is 6.07 Å². The Hall–Kier alpha value is -3.59. The van der Waals surface area contributed by atoms with Crippen LogP contribution >= 0.6 is 0 Å². The fourth-order valence-electron chi connectivity index (χ4n) is 4.68. The molecule has 1 heterocycles. The summed E-state index contributed by atoms with van der Waals surface area (Å²) in [6.07, 6.45) is 0.502. The van der Waals surface area contributed by atoms with Gasteiger partial charge < -0.3 is 14.6 Å². The van der Waals surface area contributed by atoms with E-state index in [0.29, 0.717) is 48.7 Å². The molecule has 0 atom stereocenters. The van der Waals surface area contributed by atoms with Gasteiger partial charge in [0.15, 0.2) is 11.5 Å². The maximum Gasteiger partial charge on any atom is 0.409 e. The van der Waals surface area contributed by atoms with Crippen LogP contribution in [0.4, 0.5) is 10.5 Å². The molecule has 37 heavy (non-hydrogen) atoms. The van der Waals surface area contributed by atoms with Crippen molar-refractivity contribution >= 4 is 23.4 Å². The minimum atomic E-state index is -1.11. The maximum absolute atomic E-state index is 12.8. The zero-order chi connectivity index (χ0) is 27.1. The SMILES string of the molecule is COc1ccc(C2=NN(Cc3ccc(NC(=O)O)cc3CCN(C(C)C)C(C)C)C(=O)CC2)cc1OC. The molecule has 9 heteroatoms. The summed E-state index contributed by atoms with van der Waals surface area (Å²) >= 11 is 0. The van der Waals surface area contributed by atoms with Crippen LogP contribution in [0.25, 0.3) is 0 Å². The number of amides is 2. The highest BCUT2D eigenvalue weighted by Gasteiger charge is 2.24. The van der Waals surface area contributed by atoms with Gasteiger partial charge >= 0.3 is 6.09 Å². The minimum Gasteiger partial charge on any atom is -0.493 e. The van der Waals surface area contributed by atoms with Gasteiger partial charge in [-0.3, -0.25) is 15.0 Å². The lowest BCUT2D eigenvalue weighted by molar-refractivity contribution is -0.132. The van der Waals surface area contributed by atoms with Gasteiger partial charge in [-0.15, -0.1) is 0 Å². The highest BCUT2D eigenvalue weighted by molar-refractivity contribution is 6.04. The Kier molecular flexibility index (Phi) is 9.52. The van der Waals surface area contributed by atoms with Crippen molar-refractivity contribution in [2.24, 2.45) is 5.10 Å². The van der Waals surface area contributed by atoms with Crippen LogP contribution in [0.5, 0.6) is 11.5 Å². The molecule has 2 N–H and O–H groups in total. The van der Waals surface area contributed by atoms with Crippen molar-refractivity contribution in [2.45, 2.75) is 65.6 Å². The molecule has 9 nitrogen and oxygen atoms in total. The average molecular weight is 511 g/mol. The van der Waals surface area contributed by atoms with E-state index in [4.69, 9.17) is 14.6 Å². The lowest BCUT2D eigenvalue weighted by Gasteiger charge is -2.31. The van der Waals surface area contributed by atoms with Crippen molar-refractivity contribution in [3.63, 3.8) is 0 Å². The summed E-state index contributed by atoms with van der Waals surface area (Å²) in [7, 11) is 3.18. The van der Waals surface area contributed by atoms with E-state index in [1.165, 1.54) is 5.01 Å². The third kappa shape index (κ3) is 7.22. The minimum absolute atomic E-state index is 0.0473. The van der Waals surface area contributed by atoms with Crippen LogP contribution in [0.1, 0.15) is 57.2 Å². The topological polar surface area (TPSA) is 104 Å². The molecule has 3 rings (SSSR count). The Morgan fingerprint density at radius 3 is 2.35 bits per heavy atom. The average Bonchev–Trinajstić information content (AvgIpc) is 2.85. The predicted molar refractivity (Wildman–Crippen MR) is 145 cm³/mol. The number of ether oxygens (including phenoxy) is 2. The van der Waals surface area contributed by atoms with Crippen molar-refractivity contribution in [3.05, 3.63) is 53.1 Å². The molecule has 1 aliphatic rings. The molecule has 0 fully saturated rings. The fourth-order valence-corrected chi connectivity index (χ4v) is 4.68. The predicted octanol–water partition coefficient (Wildman–Crippen LogP) is 4.98. The van der Waals surface area contributed by atoms with Crippen molar-refractivity contribution in [1.82, 2.24) is 9.91 Å². The first-order chi connectivity index (χ1) is 17.6. The van der Waals surface area contributed by atoms with E-state index in [2.05, 4.69) is 37.9 Å². The highest BCUT2D eigenvalue weighted by atomic mass is 16.5. The van der Waals surface area contributed by atoms with E-state index in [0.717, 1.165) is 35.4 Å². The summed E-state index contributed by atoms with van der Waals surface area (Å²) in [4.78, 5) is 26.5. The normalized spacial score (nSPS) is 13.8. The van der Waals surface area contributed by atoms with Gasteiger partial charge in [0.1, 0.15) is 0 Å². The summed E-state index contributed by atoms with van der Waals surface area (Å²) < 4.78 is 10.8. The number of hydrogen-bond acceptors (Lipinski definition) is 6. The first kappa shape index (κ1) is 28.0. The second kappa shape index (κ2) is 12.6. The number of methoxy groups -OCH3 is 2. The first-order valence-electron chi connectivity index (χ1n) is 12.6. The number of rotatable bonds is 11. The Morgan fingerprint density at radius 1 is 1.03 bits per heavy atom. The Balaban J connectivity index is 1.90. The van der Waals surface area contributed by atoms with Gasteiger partial charge in [0.2, 0.25) is 5.91 Å². The standard InChI is InChI=1S/C28H38N4O5/c1-18(2)31(19(3)4)14-13-20-15-23(29-28(34)35)9-7-22(20)17-32-27(33)12-10-24(30-32)21-8-11-25(36-5)26(16-21)37-6/h7-9,11,15-16,18-19,29H,10,12-14,17H2,1-6H3,(H,34,35). The molecule has 0 unspecified atom stereocenters. The van der Waals surface area contributed by atoms with E-state index in [1.807, 2.05) is 30.3 Å². The van der Waals surface area contributed by atoms with Crippen LogP contribution in [0.15, 0.2) is 41.5 Å². The maximum atomic E-state index is 12.8. The van der Waals surface area contributed by atoms with Crippen LogP contribution in [0.2, 0.25) is 0 Å². The first-order valence-corrected chi connectivity index (χ1v) is 12.6. The summed E-state index contributed by atoms with van der Waals surface area (Å²) in [6, 6.07) is 11.8. The number of carbonyl (C=O) groups is 2. The fraction of sp³-hybridized carbons (Fsp3) is 0.464. The molecule has 0 aromatic heterocycles. The lowest BCUT2D eigenvalue weighted by atomic mass is 10.0. The smallest absolute Gasteiger partial charge is 0.409 e. The molecule has 0 saturated heterocycles. The second-order valence-corrected chi connectivity index (χ2v) is 9.66. The van der Waals surface area contributed by atoms with E-state index in [1.54, 1.807) is 20.3 Å². The molecule has 0 aliphatic carbocycles. The number of hydrazone groups is 1. The number of benzene rings is 2. The van der Waals surface area contributed by atoms with Crippen LogP contribution in [-0.2, 0) is 17.8 Å². The monoisotopic (exact) mass is 510 g/mol. The third-order valence-corrected chi connectivity index (χ3v) is 6.57. The molecule has 1 aliphatic heterocycles. The van der Waals surface area contributed by atoms with Crippen molar-refractivity contribution in [3.8, 4) is 11.5 Å². The highest BCUT2D eigenvalue weighted by Crippen LogP contribution is 2.30. The van der Waals surface area contributed by atoms with E-state index in [9.17, 15) is 14.7 Å². The number of anilines is 1. The second-order valence-electron chi connectivity index (χ2n) is 9.66. The Bertz CT molecular complexity index is 1140. The number of carbonyl (C=O) groups excluding carboxylic acids is 1. The van der Waals surface area contributed by atoms with E-state index in [-0.39, 0.29) is 5.91 Å². The van der Waals surface area contributed by atoms with Crippen molar-refractivity contribution in [1.29, 1.82) is 0 Å². The molecule has 2 aromatic rings. The Labute approximate surface area is 219 Å². The summed E-state index contributed by atoms with van der Waals surface area (Å²) in [5.41, 5.74) is 4.11. The zero-order valence-electron chi connectivity index (χ0n) is 22.6. The summed E-state index contributed by atoms with van der Waals surface area (Å²) in [5.74, 6) is 1.19. The van der Waals surface area contributed by atoms with Crippen LogP contribution in [-0.4, -0.2) is 65.6 Å². The molecule has 200 valence electrons. The largest absolute Gasteiger partial charge is 0.493 e. The zero-order valence-corrected chi connectivity index (χ0v) is 22.6. The van der Waals surface area contributed by atoms with Crippen molar-refractivity contribution in [2.75, 3.05) is 26.1 Å². The van der Waals surface area contributed by atoms with Gasteiger partial charge in [0.05, 0.1) is 26.5 Å².